The normalized spacial score (nSPS) is 9.91. The van der Waals surface area contributed by atoms with Crippen molar-refractivity contribution >= 4 is 17.3 Å². The molecule has 11 heavy (non-hydrogen) atoms. The van der Waals surface area contributed by atoms with Crippen LogP contribution in [0.1, 0.15) is 14.5 Å². The SMILES string of the molecule is COCc1ccc(C(=O)[O-])s1. The molecule has 0 atom stereocenters. The number of hydrogen-bond donors (Lipinski definition) is 0. The molecular weight excluding hydrogens is 164 g/mol. The Morgan fingerprint density at radius 3 is 2.91 bits per heavy atom. The summed E-state index contributed by atoms with van der Waals surface area (Å²) in [5.41, 5.74) is 0. The number of carbonyl (C=O) groups is 1. The van der Waals surface area contributed by atoms with Crippen molar-refractivity contribution in [3.63, 3.8) is 0 Å². The average Bonchev–Trinajstić information content (AvgIpc) is 2.37. The standard InChI is InChI=1S/C7H8O3S/c1-10-4-5-2-3-6(11-5)7(8)9/h2-3H,4H2,1H3,(H,8,9)/p-1. The molecule has 1 aromatic heterocycles. The molecule has 0 saturated carbocycles. The van der Waals surface area contributed by atoms with Crippen molar-refractivity contribution in [2.45, 2.75) is 6.61 Å². The van der Waals surface area contributed by atoms with Gasteiger partial charge in [0.1, 0.15) is 0 Å². The second-order valence-electron chi connectivity index (χ2n) is 1.99. The van der Waals surface area contributed by atoms with E-state index in [4.69, 9.17) is 4.74 Å². The van der Waals surface area contributed by atoms with Gasteiger partial charge in [0.05, 0.1) is 17.5 Å². The van der Waals surface area contributed by atoms with E-state index in [1.54, 1.807) is 13.2 Å². The van der Waals surface area contributed by atoms with Gasteiger partial charge in [-0.15, -0.1) is 11.3 Å². The van der Waals surface area contributed by atoms with E-state index in [0.717, 1.165) is 4.88 Å². The molecule has 0 bridgehead atoms. The van der Waals surface area contributed by atoms with E-state index in [-0.39, 0.29) is 4.88 Å². The molecule has 0 aromatic carbocycles. The number of thiophene rings is 1. The largest absolute Gasteiger partial charge is 0.544 e. The zero-order valence-corrected chi connectivity index (χ0v) is 6.81. The lowest BCUT2D eigenvalue weighted by atomic mass is 10.4. The maximum Gasteiger partial charge on any atom is 0.0815 e. The lowest BCUT2D eigenvalue weighted by Crippen LogP contribution is -2.20. The number of hydrogen-bond acceptors (Lipinski definition) is 4. The summed E-state index contributed by atoms with van der Waals surface area (Å²) in [6, 6.07) is 3.24. The number of carbonyl (C=O) groups excluding carboxylic acids is 1. The molecule has 0 aliphatic rings. The fourth-order valence-electron chi connectivity index (χ4n) is 0.707. The second-order valence-corrected chi connectivity index (χ2v) is 3.15. The highest BCUT2D eigenvalue weighted by Crippen LogP contribution is 2.15. The summed E-state index contributed by atoms with van der Waals surface area (Å²) in [6.07, 6.45) is 0. The van der Waals surface area contributed by atoms with Gasteiger partial charge in [0.25, 0.3) is 0 Å². The minimum absolute atomic E-state index is 0.247. The molecule has 0 fully saturated rings. The molecule has 0 aliphatic carbocycles. The van der Waals surface area contributed by atoms with Crippen molar-refractivity contribution < 1.29 is 14.6 Å². The van der Waals surface area contributed by atoms with Crippen LogP contribution in [-0.4, -0.2) is 13.1 Å². The first-order chi connectivity index (χ1) is 5.24. The Kier molecular flexibility index (Phi) is 2.62. The highest BCUT2D eigenvalue weighted by molar-refractivity contribution is 7.13. The fraction of sp³-hybridized carbons (Fsp3) is 0.286. The molecule has 0 unspecified atom stereocenters. The number of aromatic carboxylic acids is 1. The first-order valence-electron chi connectivity index (χ1n) is 3.03. The van der Waals surface area contributed by atoms with E-state index in [2.05, 4.69) is 0 Å². The molecule has 0 spiro atoms. The molecule has 0 amide bonds. The summed E-state index contributed by atoms with van der Waals surface area (Å²) < 4.78 is 4.82. The Morgan fingerprint density at radius 2 is 2.45 bits per heavy atom. The third-order valence-electron chi connectivity index (χ3n) is 1.15. The van der Waals surface area contributed by atoms with Crippen LogP contribution in [-0.2, 0) is 11.3 Å². The van der Waals surface area contributed by atoms with Crippen LogP contribution in [0.3, 0.4) is 0 Å². The summed E-state index contributed by atoms with van der Waals surface area (Å²) in [4.78, 5) is 11.4. The number of carboxylic acids is 1. The Hall–Kier alpha value is -0.870. The van der Waals surface area contributed by atoms with Crippen LogP contribution < -0.4 is 5.11 Å². The quantitative estimate of drug-likeness (QED) is 0.655. The fourth-order valence-corrected chi connectivity index (χ4v) is 1.52. The predicted molar refractivity (Wildman–Crippen MR) is 39.4 cm³/mol. The Bertz CT molecular complexity index is 254. The van der Waals surface area contributed by atoms with Gasteiger partial charge in [0, 0.05) is 12.0 Å². The molecule has 60 valence electrons. The monoisotopic (exact) mass is 171 g/mol. The molecule has 3 nitrogen and oxygen atoms in total. The number of methoxy groups -OCH3 is 1. The summed E-state index contributed by atoms with van der Waals surface area (Å²) >= 11 is 1.18. The molecule has 0 radical (unpaired) electrons. The maximum absolute atomic E-state index is 10.3. The highest BCUT2D eigenvalue weighted by Gasteiger charge is 1.98. The minimum Gasteiger partial charge on any atom is -0.544 e. The van der Waals surface area contributed by atoms with E-state index in [1.165, 1.54) is 17.4 Å². The van der Waals surface area contributed by atoms with Crippen molar-refractivity contribution in [3.05, 3.63) is 21.9 Å². The van der Waals surface area contributed by atoms with Gasteiger partial charge in [-0.3, -0.25) is 0 Å². The average molecular weight is 171 g/mol. The lowest BCUT2D eigenvalue weighted by molar-refractivity contribution is -0.254. The molecule has 0 N–H and O–H groups in total. The van der Waals surface area contributed by atoms with Crippen LogP contribution in [0.25, 0.3) is 0 Å². The van der Waals surface area contributed by atoms with Crippen LogP contribution in [0.2, 0.25) is 0 Å². The molecule has 1 rings (SSSR count). The predicted octanol–water partition coefficient (Wildman–Crippen LogP) is 0.258. The smallest absolute Gasteiger partial charge is 0.0815 e. The number of ether oxygens (including phenoxy) is 1. The first-order valence-corrected chi connectivity index (χ1v) is 3.84. The van der Waals surface area contributed by atoms with E-state index in [1.807, 2.05) is 0 Å². The molecule has 1 heterocycles. The van der Waals surface area contributed by atoms with Gasteiger partial charge in [-0.05, 0) is 12.1 Å². The van der Waals surface area contributed by atoms with E-state index >= 15 is 0 Å². The van der Waals surface area contributed by atoms with Crippen LogP contribution in [0, 0.1) is 0 Å². The lowest BCUT2D eigenvalue weighted by Gasteiger charge is -1.94. The molecule has 0 saturated heterocycles. The summed E-state index contributed by atoms with van der Waals surface area (Å²) in [7, 11) is 1.57. The molecule has 0 aliphatic heterocycles. The topological polar surface area (TPSA) is 49.4 Å². The first kappa shape index (κ1) is 8.23. The van der Waals surface area contributed by atoms with Crippen molar-refractivity contribution in [1.29, 1.82) is 0 Å². The van der Waals surface area contributed by atoms with E-state index in [9.17, 15) is 9.90 Å². The molecular formula is C7H7O3S-. The summed E-state index contributed by atoms with van der Waals surface area (Å²) in [5.74, 6) is -1.13. The summed E-state index contributed by atoms with van der Waals surface area (Å²) in [5, 5.41) is 10.3. The highest BCUT2D eigenvalue weighted by atomic mass is 32.1. The van der Waals surface area contributed by atoms with E-state index < -0.39 is 5.97 Å². The van der Waals surface area contributed by atoms with Crippen molar-refractivity contribution in [3.8, 4) is 0 Å². The van der Waals surface area contributed by atoms with Crippen LogP contribution in [0.4, 0.5) is 0 Å². The van der Waals surface area contributed by atoms with Crippen molar-refractivity contribution in [2.24, 2.45) is 0 Å². The Labute approximate surface area is 68.2 Å². The van der Waals surface area contributed by atoms with Gasteiger partial charge in [-0.25, -0.2) is 0 Å². The van der Waals surface area contributed by atoms with Crippen LogP contribution >= 0.6 is 11.3 Å². The van der Waals surface area contributed by atoms with Gasteiger partial charge in [0.15, 0.2) is 0 Å². The van der Waals surface area contributed by atoms with E-state index in [0.29, 0.717) is 6.61 Å². The van der Waals surface area contributed by atoms with Crippen molar-refractivity contribution in [1.82, 2.24) is 0 Å². The zero-order chi connectivity index (χ0) is 8.27. The summed E-state index contributed by atoms with van der Waals surface area (Å²) in [6.45, 7) is 0.456. The molecule has 1 aromatic rings. The van der Waals surface area contributed by atoms with Crippen LogP contribution in [0.15, 0.2) is 12.1 Å². The van der Waals surface area contributed by atoms with Crippen LogP contribution in [0.5, 0.6) is 0 Å². The van der Waals surface area contributed by atoms with Gasteiger partial charge >= 0.3 is 0 Å². The van der Waals surface area contributed by atoms with Gasteiger partial charge in [-0.2, -0.15) is 0 Å². The Balaban J connectivity index is 2.73. The third kappa shape index (κ3) is 2.03. The van der Waals surface area contributed by atoms with Crippen molar-refractivity contribution in [2.75, 3.05) is 7.11 Å². The third-order valence-corrected chi connectivity index (χ3v) is 2.19. The maximum atomic E-state index is 10.3. The molecule has 4 heteroatoms. The number of rotatable bonds is 3. The van der Waals surface area contributed by atoms with Gasteiger partial charge in [0.2, 0.25) is 0 Å². The zero-order valence-electron chi connectivity index (χ0n) is 5.99. The second kappa shape index (κ2) is 3.50. The minimum atomic E-state index is -1.13. The van der Waals surface area contributed by atoms with Gasteiger partial charge < -0.3 is 14.6 Å². The van der Waals surface area contributed by atoms with Gasteiger partial charge in [-0.1, -0.05) is 0 Å². The Morgan fingerprint density at radius 1 is 1.73 bits per heavy atom. The number of carboxylic acid groups (broad SMARTS) is 1.